The average Bonchev–Trinajstić information content (AvgIpc) is 2.47. The van der Waals surface area contributed by atoms with E-state index < -0.39 is 0 Å². The number of pyridine rings is 1. The van der Waals surface area contributed by atoms with Crippen molar-refractivity contribution in [3.8, 4) is 5.88 Å². The SMILES string of the molecule is COc1ccc(CN=C(N)Nc2ccccc2)cn1.I. The van der Waals surface area contributed by atoms with Crippen molar-refractivity contribution in [3.05, 3.63) is 54.2 Å². The van der Waals surface area contributed by atoms with Gasteiger partial charge in [-0.2, -0.15) is 0 Å². The second kappa shape index (κ2) is 8.36. The Morgan fingerprint density at radius 1 is 1.25 bits per heavy atom. The lowest BCUT2D eigenvalue weighted by molar-refractivity contribution is 0.397. The Labute approximate surface area is 135 Å². The number of benzene rings is 1. The maximum Gasteiger partial charge on any atom is 0.212 e. The molecule has 0 saturated heterocycles. The zero-order valence-electron chi connectivity index (χ0n) is 11.1. The minimum Gasteiger partial charge on any atom is -0.481 e. The fourth-order valence-corrected chi connectivity index (χ4v) is 1.51. The minimum absolute atomic E-state index is 0. The number of nitrogens with zero attached hydrogens (tertiary/aromatic N) is 2. The van der Waals surface area contributed by atoms with Crippen LogP contribution in [0.15, 0.2) is 53.7 Å². The molecule has 0 aliphatic carbocycles. The average molecular weight is 384 g/mol. The van der Waals surface area contributed by atoms with Crippen molar-refractivity contribution < 1.29 is 4.74 Å². The van der Waals surface area contributed by atoms with E-state index in [0.29, 0.717) is 18.4 Å². The Hall–Kier alpha value is -1.83. The molecule has 1 aromatic carbocycles. The van der Waals surface area contributed by atoms with Crippen molar-refractivity contribution in [2.45, 2.75) is 6.54 Å². The molecular weight excluding hydrogens is 367 g/mol. The van der Waals surface area contributed by atoms with Gasteiger partial charge in [0.05, 0.1) is 13.7 Å². The van der Waals surface area contributed by atoms with E-state index in [0.717, 1.165) is 11.3 Å². The molecule has 6 heteroatoms. The van der Waals surface area contributed by atoms with Gasteiger partial charge in [0.15, 0.2) is 5.96 Å². The highest BCUT2D eigenvalue weighted by Gasteiger charge is 1.96. The van der Waals surface area contributed by atoms with E-state index in [9.17, 15) is 0 Å². The second-order valence-corrected chi connectivity index (χ2v) is 3.90. The van der Waals surface area contributed by atoms with E-state index in [2.05, 4.69) is 15.3 Å². The van der Waals surface area contributed by atoms with Gasteiger partial charge in [-0.1, -0.05) is 24.3 Å². The van der Waals surface area contributed by atoms with Crippen LogP contribution < -0.4 is 15.8 Å². The zero-order chi connectivity index (χ0) is 13.5. The van der Waals surface area contributed by atoms with E-state index in [-0.39, 0.29) is 24.0 Å². The molecule has 0 aliphatic rings. The number of methoxy groups -OCH3 is 1. The van der Waals surface area contributed by atoms with Gasteiger partial charge in [-0.15, -0.1) is 24.0 Å². The molecule has 2 aromatic rings. The number of hydrogen-bond acceptors (Lipinski definition) is 3. The number of rotatable bonds is 4. The number of nitrogens with one attached hydrogen (secondary N) is 1. The maximum atomic E-state index is 5.80. The minimum atomic E-state index is 0. The quantitative estimate of drug-likeness (QED) is 0.483. The number of halogens is 1. The summed E-state index contributed by atoms with van der Waals surface area (Å²) in [5, 5.41) is 3.02. The molecule has 0 atom stereocenters. The van der Waals surface area contributed by atoms with Crippen LogP contribution in [0.2, 0.25) is 0 Å². The molecule has 2 rings (SSSR count). The first kappa shape index (κ1) is 16.2. The van der Waals surface area contributed by atoms with Crippen molar-refractivity contribution >= 4 is 35.6 Å². The van der Waals surface area contributed by atoms with E-state index in [1.807, 2.05) is 36.4 Å². The lowest BCUT2D eigenvalue weighted by Gasteiger charge is -2.05. The predicted molar refractivity (Wildman–Crippen MR) is 91.6 cm³/mol. The first-order chi connectivity index (χ1) is 9.28. The molecule has 0 spiro atoms. The number of aliphatic imine (C=N–C) groups is 1. The molecule has 1 aromatic heterocycles. The number of guanidine groups is 1. The third-order valence-electron chi connectivity index (χ3n) is 2.48. The number of aromatic nitrogens is 1. The summed E-state index contributed by atoms with van der Waals surface area (Å²) in [5.41, 5.74) is 7.69. The lowest BCUT2D eigenvalue weighted by Crippen LogP contribution is -2.22. The number of para-hydroxylation sites is 1. The Bertz CT molecular complexity index is 543. The van der Waals surface area contributed by atoms with E-state index in [1.54, 1.807) is 19.4 Å². The Morgan fingerprint density at radius 3 is 2.60 bits per heavy atom. The Morgan fingerprint density at radius 2 is 2.00 bits per heavy atom. The molecular formula is C14H17IN4O. The van der Waals surface area contributed by atoms with Gasteiger partial charge in [0.25, 0.3) is 0 Å². The summed E-state index contributed by atoms with van der Waals surface area (Å²) in [6.45, 7) is 0.475. The van der Waals surface area contributed by atoms with Crippen molar-refractivity contribution in [3.63, 3.8) is 0 Å². The zero-order valence-corrected chi connectivity index (χ0v) is 13.4. The molecule has 0 amide bonds. The van der Waals surface area contributed by atoms with Crippen LogP contribution in [0, 0.1) is 0 Å². The summed E-state index contributed by atoms with van der Waals surface area (Å²) < 4.78 is 4.99. The van der Waals surface area contributed by atoms with Crippen LogP contribution in [-0.4, -0.2) is 18.1 Å². The molecule has 20 heavy (non-hydrogen) atoms. The lowest BCUT2D eigenvalue weighted by atomic mass is 10.3. The normalized spacial score (nSPS) is 10.6. The van der Waals surface area contributed by atoms with E-state index in [1.165, 1.54) is 0 Å². The van der Waals surface area contributed by atoms with Gasteiger partial charge in [-0.3, -0.25) is 0 Å². The highest BCUT2D eigenvalue weighted by molar-refractivity contribution is 14.0. The maximum absolute atomic E-state index is 5.80. The highest BCUT2D eigenvalue weighted by atomic mass is 127. The number of anilines is 1. The van der Waals surface area contributed by atoms with Crippen LogP contribution in [0.3, 0.4) is 0 Å². The van der Waals surface area contributed by atoms with Crippen LogP contribution in [0.5, 0.6) is 5.88 Å². The number of hydrogen-bond donors (Lipinski definition) is 2. The molecule has 0 fully saturated rings. The summed E-state index contributed by atoms with van der Waals surface area (Å²) in [6, 6.07) is 13.4. The summed E-state index contributed by atoms with van der Waals surface area (Å²) in [7, 11) is 1.59. The highest BCUT2D eigenvalue weighted by Crippen LogP contribution is 2.08. The molecule has 1 heterocycles. The Balaban J connectivity index is 0.00000200. The van der Waals surface area contributed by atoms with Gasteiger partial charge in [-0.05, 0) is 17.7 Å². The summed E-state index contributed by atoms with van der Waals surface area (Å²) in [4.78, 5) is 8.35. The van der Waals surface area contributed by atoms with Gasteiger partial charge >= 0.3 is 0 Å². The monoisotopic (exact) mass is 384 g/mol. The second-order valence-electron chi connectivity index (χ2n) is 3.90. The third kappa shape index (κ3) is 5.04. The van der Waals surface area contributed by atoms with E-state index >= 15 is 0 Å². The molecule has 5 nitrogen and oxygen atoms in total. The fraction of sp³-hybridized carbons (Fsp3) is 0.143. The fourth-order valence-electron chi connectivity index (χ4n) is 1.51. The van der Waals surface area contributed by atoms with Crippen LogP contribution in [0.4, 0.5) is 5.69 Å². The van der Waals surface area contributed by atoms with Gasteiger partial charge in [0, 0.05) is 18.0 Å². The summed E-state index contributed by atoms with van der Waals surface area (Å²) in [6.07, 6.45) is 1.72. The summed E-state index contributed by atoms with van der Waals surface area (Å²) in [5.74, 6) is 0.963. The molecule has 0 bridgehead atoms. The van der Waals surface area contributed by atoms with Crippen molar-refractivity contribution in [2.75, 3.05) is 12.4 Å². The van der Waals surface area contributed by atoms with Gasteiger partial charge in [-0.25, -0.2) is 9.98 Å². The van der Waals surface area contributed by atoms with E-state index in [4.69, 9.17) is 10.5 Å². The van der Waals surface area contributed by atoms with Gasteiger partial charge in [0.1, 0.15) is 0 Å². The number of ether oxygens (including phenoxy) is 1. The van der Waals surface area contributed by atoms with Crippen LogP contribution in [-0.2, 0) is 6.54 Å². The van der Waals surface area contributed by atoms with Gasteiger partial charge < -0.3 is 15.8 Å². The van der Waals surface area contributed by atoms with Crippen molar-refractivity contribution in [2.24, 2.45) is 10.7 Å². The van der Waals surface area contributed by atoms with Crippen LogP contribution in [0.1, 0.15) is 5.56 Å². The first-order valence-corrected chi connectivity index (χ1v) is 5.89. The topological polar surface area (TPSA) is 72.5 Å². The smallest absolute Gasteiger partial charge is 0.212 e. The molecule has 106 valence electrons. The predicted octanol–water partition coefficient (Wildman–Crippen LogP) is 2.64. The standard InChI is InChI=1S/C14H16N4O.HI/c1-19-13-8-7-11(9-16-13)10-17-14(15)18-12-5-3-2-4-6-12;/h2-9H,10H2,1H3,(H3,15,17,18);1H. The van der Waals surface area contributed by atoms with Crippen molar-refractivity contribution in [1.29, 1.82) is 0 Å². The van der Waals surface area contributed by atoms with Crippen molar-refractivity contribution in [1.82, 2.24) is 4.98 Å². The first-order valence-electron chi connectivity index (χ1n) is 5.89. The largest absolute Gasteiger partial charge is 0.481 e. The van der Waals surface area contributed by atoms with Crippen LogP contribution >= 0.6 is 24.0 Å². The Kier molecular flexibility index (Phi) is 6.78. The molecule has 0 radical (unpaired) electrons. The van der Waals surface area contributed by atoms with Crippen LogP contribution in [0.25, 0.3) is 0 Å². The summed E-state index contributed by atoms with van der Waals surface area (Å²) >= 11 is 0. The molecule has 0 saturated carbocycles. The number of nitrogens with two attached hydrogens (primary N) is 1. The van der Waals surface area contributed by atoms with Gasteiger partial charge in [0.2, 0.25) is 5.88 Å². The molecule has 3 N–H and O–H groups in total. The third-order valence-corrected chi connectivity index (χ3v) is 2.48. The molecule has 0 unspecified atom stereocenters. The molecule has 0 aliphatic heterocycles.